The predicted octanol–water partition coefficient (Wildman–Crippen LogP) is 1.96. The zero-order chi connectivity index (χ0) is 8.53. The fraction of sp³-hybridized carbons (Fsp3) is 1.00. The Hall–Kier alpha value is -0.0800. The van der Waals surface area contributed by atoms with Gasteiger partial charge >= 0.3 is 0 Å². The minimum atomic E-state index is -0.249. The summed E-state index contributed by atoms with van der Waals surface area (Å²) in [4.78, 5) is 0. The van der Waals surface area contributed by atoms with Crippen LogP contribution in [-0.2, 0) is 4.74 Å². The Labute approximate surface area is 69.6 Å². The van der Waals surface area contributed by atoms with Crippen molar-refractivity contribution in [2.75, 3.05) is 13.2 Å². The van der Waals surface area contributed by atoms with Gasteiger partial charge in [-0.2, -0.15) is 0 Å². The highest BCUT2D eigenvalue weighted by molar-refractivity contribution is 4.53. The first-order chi connectivity index (χ1) is 5.31. The molecular weight excluding hydrogens is 140 g/mol. The molecule has 0 amide bonds. The molecule has 0 aromatic rings. The van der Waals surface area contributed by atoms with Crippen LogP contribution in [0.1, 0.15) is 39.5 Å². The minimum absolute atomic E-state index is 0.249. The van der Waals surface area contributed by atoms with Crippen LogP contribution in [0.3, 0.4) is 0 Å². The van der Waals surface area contributed by atoms with Crippen molar-refractivity contribution in [3.63, 3.8) is 0 Å². The van der Waals surface area contributed by atoms with Gasteiger partial charge in [-0.3, -0.25) is 0 Å². The monoisotopic (exact) mass is 160 g/mol. The van der Waals surface area contributed by atoms with Gasteiger partial charge in [0.2, 0.25) is 0 Å². The summed E-state index contributed by atoms with van der Waals surface area (Å²) >= 11 is 0. The topological polar surface area (TPSA) is 29.5 Å². The predicted molar refractivity (Wildman–Crippen MR) is 46.6 cm³/mol. The molecule has 0 aliphatic rings. The van der Waals surface area contributed by atoms with E-state index in [1.807, 2.05) is 6.92 Å². The summed E-state index contributed by atoms with van der Waals surface area (Å²) < 4.78 is 5.08. The largest absolute Gasteiger partial charge is 0.391 e. The van der Waals surface area contributed by atoms with E-state index in [1.165, 1.54) is 12.8 Å². The average Bonchev–Trinajstić information content (AvgIpc) is 2.01. The first-order valence-corrected chi connectivity index (χ1v) is 4.57. The van der Waals surface area contributed by atoms with Gasteiger partial charge in [-0.15, -0.1) is 0 Å². The van der Waals surface area contributed by atoms with E-state index < -0.39 is 0 Å². The molecule has 0 aliphatic carbocycles. The van der Waals surface area contributed by atoms with Crippen molar-refractivity contribution in [3.05, 3.63) is 0 Å². The SMILES string of the molecule is CCCCCC(O)COCC. The third kappa shape index (κ3) is 7.82. The summed E-state index contributed by atoms with van der Waals surface area (Å²) in [7, 11) is 0. The summed E-state index contributed by atoms with van der Waals surface area (Å²) in [6.07, 6.45) is 4.17. The molecule has 0 aliphatic heterocycles. The minimum Gasteiger partial charge on any atom is -0.391 e. The fourth-order valence-corrected chi connectivity index (χ4v) is 0.967. The lowest BCUT2D eigenvalue weighted by atomic mass is 10.1. The van der Waals surface area contributed by atoms with Crippen molar-refractivity contribution in [1.82, 2.24) is 0 Å². The lowest BCUT2D eigenvalue weighted by Gasteiger charge is -2.08. The molecule has 1 atom stereocenters. The lowest BCUT2D eigenvalue weighted by Crippen LogP contribution is -2.14. The Morgan fingerprint density at radius 2 is 2.00 bits per heavy atom. The molecule has 2 heteroatoms. The Bertz CT molecular complexity index is 74.0. The fourth-order valence-electron chi connectivity index (χ4n) is 0.967. The van der Waals surface area contributed by atoms with Gasteiger partial charge < -0.3 is 9.84 Å². The smallest absolute Gasteiger partial charge is 0.0773 e. The first-order valence-electron chi connectivity index (χ1n) is 4.57. The number of aliphatic hydroxyl groups excluding tert-OH is 1. The molecule has 0 rings (SSSR count). The summed E-state index contributed by atoms with van der Waals surface area (Å²) in [5.41, 5.74) is 0. The van der Waals surface area contributed by atoms with Gasteiger partial charge in [-0.1, -0.05) is 26.2 Å². The van der Waals surface area contributed by atoms with Crippen LogP contribution in [0.5, 0.6) is 0 Å². The third-order valence-corrected chi connectivity index (χ3v) is 1.66. The third-order valence-electron chi connectivity index (χ3n) is 1.66. The summed E-state index contributed by atoms with van der Waals surface area (Å²) in [6, 6.07) is 0. The Morgan fingerprint density at radius 1 is 1.27 bits per heavy atom. The van der Waals surface area contributed by atoms with Crippen molar-refractivity contribution in [2.24, 2.45) is 0 Å². The summed E-state index contributed by atoms with van der Waals surface area (Å²) in [5, 5.41) is 9.28. The van der Waals surface area contributed by atoms with E-state index in [-0.39, 0.29) is 6.10 Å². The maximum atomic E-state index is 9.28. The maximum absolute atomic E-state index is 9.28. The van der Waals surface area contributed by atoms with E-state index in [4.69, 9.17) is 4.74 Å². The van der Waals surface area contributed by atoms with E-state index in [0.29, 0.717) is 13.2 Å². The Balaban J connectivity index is 3.02. The van der Waals surface area contributed by atoms with Crippen LogP contribution in [0, 0.1) is 0 Å². The number of unbranched alkanes of at least 4 members (excludes halogenated alkanes) is 2. The van der Waals surface area contributed by atoms with Crippen LogP contribution < -0.4 is 0 Å². The zero-order valence-electron chi connectivity index (χ0n) is 7.68. The van der Waals surface area contributed by atoms with Gasteiger partial charge in [-0.25, -0.2) is 0 Å². The van der Waals surface area contributed by atoms with Crippen LogP contribution >= 0.6 is 0 Å². The molecule has 1 N–H and O–H groups in total. The van der Waals surface area contributed by atoms with E-state index in [9.17, 15) is 5.11 Å². The van der Waals surface area contributed by atoms with Crippen molar-refractivity contribution in [3.8, 4) is 0 Å². The highest BCUT2D eigenvalue weighted by Crippen LogP contribution is 2.03. The molecule has 0 aromatic heterocycles. The van der Waals surface area contributed by atoms with Crippen LogP contribution in [0.25, 0.3) is 0 Å². The van der Waals surface area contributed by atoms with Gasteiger partial charge in [0.15, 0.2) is 0 Å². The lowest BCUT2D eigenvalue weighted by molar-refractivity contribution is 0.0369. The Morgan fingerprint density at radius 3 is 2.55 bits per heavy atom. The first kappa shape index (κ1) is 10.9. The van der Waals surface area contributed by atoms with Gasteiger partial charge in [0.1, 0.15) is 0 Å². The van der Waals surface area contributed by atoms with Crippen LogP contribution in [-0.4, -0.2) is 24.4 Å². The van der Waals surface area contributed by atoms with Crippen molar-refractivity contribution < 1.29 is 9.84 Å². The molecule has 0 bridgehead atoms. The molecule has 2 nitrogen and oxygen atoms in total. The second kappa shape index (κ2) is 8.02. The quantitative estimate of drug-likeness (QED) is 0.577. The molecule has 11 heavy (non-hydrogen) atoms. The number of hydrogen-bond acceptors (Lipinski definition) is 2. The molecule has 1 unspecified atom stereocenters. The number of aliphatic hydroxyl groups is 1. The van der Waals surface area contributed by atoms with Gasteiger partial charge in [0.05, 0.1) is 12.7 Å². The van der Waals surface area contributed by atoms with E-state index in [1.54, 1.807) is 0 Å². The van der Waals surface area contributed by atoms with Crippen LogP contribution in [0.2, 0.25) is 0 Å². The highest BCUT2D eigenvalue weighted by atomic mass is 16.5. The van der Waals surface area contributed by atoms with Gasteiger partial charge in [0, 0.05) is 6.61 Å². The van der Waals surface area contributed by atoms with E-state index >= 15 is 0 Å². The molecule has 68 valence electrons. The molecule has 0 radical (unpaired) electrons. The second-order valence-electron chi connectivity index (χ2n) is 2.81. The molecule has 0 fully saturated rings. The molecule has 0 heterocycles. The molecular formula is C9H20O2. The van der Waals surface area contributed by atoms with Crippen molar-refractivity contribution in [1.29, 1.82) is 0 Å². The number of ether oxygens (including phenoxy) is 1. The van der Waals surface area contributed by atoms with Crippen molar-refractivity contribution >= 4 is 0 Å². The Kier molecular flexibility index (Phi) is 7.96. The van der Waals surface area contributed by atoms with Crippen molar-refractivity contribution in [2.45, 2.75) is 45.6 Å². The normalized spacial score (nSPS) is 13.4. The zero-order valence-corrected chi connectivity index (χ0v) is 7.68. The number of rotatable bonds is 7. The maximum Gasteiger partial charge on any atom is 0.0773 e. The van der Waals surface area contributed by atoms with Crippen LogP contribution in [0.15, 0.2) is 0 Å². The van der Waals surface area contributed by atoms with Gasteiger partial charge in [-0.05, 0) is 13.3 Å². The van der Waals surface area contributed by atoms with Gasteiger partial charge in [0.25, 0.3) is 0 Å². The molecule has 0 saturated carbocycles. The molecule has 0 spiro atoms. The standard InChI is InChI=1S/C9H20O2/c1-3-5-6-7-9(10)8-11-4-2/h9-10H,3-8H2,1-2H3. The summed E-state index contributed by atoms with van der Waals surface area (Å²) in [5.74, 6) is 0. The van der Waals surface area contributed by atoms with E-state index in [2.05, 4.69) is 6.92 Å². The average molecular weight is 160 g/mol. The summed E-state index contributed by atoms with van der Waals surface area (Å²) in [6.45, 7) is 5.30. The molecule has 0 aromatic carbocycles. The highest BCUT2D eigenvalue weighted by Gasteiger charge is 2.01. The number of hydrogen-bond donors (Lipinski definition) is 1. The second-order valence-corrected chi connectivity index (χ2v) is 2.81. The molecule has 0 saturated heterocycles. The van der Waals surface area contributed by atoms with E-state index in [0.717, 1.165) is 12.8 Å². The van der Waals surface area contributed by atoms with Crippen LogP contribution in [0.4, 0.5) is 0 Å².